The zero-order valence-corrected chi connectivity index (χ0v) is 13.9. The summed E-state index contributed by atoms with van der Waals surface area (Å²) in [6, 6.07) is 2.12. The van der Waals surface area contributed by atoms with Crippen LogP contribution < -0.4 is 5.32 Å². The number of hydrogen-bond donors (Lipinski definition) is 1. The molecule has 7 heteroatoms. The highest BCUT2D eigenvalue weighted by Crippen LogP contribution is 2.19. The number of aryl methyl sites for hydroxylation is 2. The lowest BCUT2D eigenvalue weighted by Crippen LogP contribution is -2.49. The summed E-state index contributed by atoms with van der Waals surface area (Å²) in [5, 5.41) is 7.22. The van der Waals surface area contributed by atoms with E-state index in [1.165, 1.54) is 11.3 Å². The van der Waals surface area contributed by atoms with E-state index in [1.54, 1.807) is 0 Å². The lowest BCUT2D eigenvalue weighted by atomic mass is 10.0. The van der Waals surface area contributed by atoms with Crippen molar-refractivity contribution in [3.05, 3.63) is 17.5 Å². The fourth-order valence-electron chi connectivity index (χ4n) is 3.50. The Labute approximate surface area is 136 Å². The van der Waals surface area contributed by atoms with Gasteiger partial charge in [-0.2, -0.15) is 5.10 Å². The summed E-state index contributed by atoms with van der Waals surface area (Å²) in [7, 11) is 0. The molecule has 3 amide bonds. The summed E-state index contributed by atoms with van der Waals surface area (Å²) in [6.07, 6.45) is 3.35. The highest BCUT2D eigenvalue weighted by molar-refractivity contribution is 5.96. The largest absolute Gasteiger partial charge is 0.336 e. The number of nitrogens with zero attached hydrogens (tertiary/aromatic N) is 4. The maximum atomic E-state index is 12.4. The minimum Gasteiger partial charge on any atom is -0.336 e. The quantitative estimate of drug-likeness (QED) is 0.895. The number of carbonyl (C=O) groups excluding carboxylic acids is 2. The number of nitrogens with one attached hydrogen (secondary N) is 1. The van der Waals surface area contributed by atoms with Crippen molar-refractivity contribution >= 4 is 11.9 Å². The van der Waals surface area contributed by atoms with Crippen LogP contribution in [-0.2, 0) is 11.3 Å². The number of amides is 3. The van der Waals surface area contributed by atoms with Crippen molar-refractivity contribution in [1.82, 2.24) is 24.9 Å². The van der Waals surface area contributed by atoms with Crippen LogP contribution in [0.4, 0.5) is 4.79 Å². The predicted octanol–water partition coefficient (Wildman–Crippen LogP) is 0.906. The number of hydrogen-bond acceptors (Lipinski definition) is 4. The molecule has 0 spiro atoms. The first-order chi connectivity index (χ1) is 11.0. The van der Waals surface area contributed by atoms with E-state index in [0.717, 1.165) is 37.3 Å². The van der Waals surface area contributed by atoms with Gasteiger partial charge < -0.3 is 5.32 Å². The van der Waals surface area contributed by atoms with Crippen LogP contribution >= 0.6 is 0 Å². The molecule has 0 aliphatic carbocycles. The van der Waals surface area contributed by atoms with Crippen LogP contribution in [0.15, 0.2) is 6.07 Å². The van der Waals surface area contributed by atoms with Crippen molar-refractivity contribution in [3.8, 4) is 0 Å². The molecule has 2 aliphatic rings. The summed E-state index contributed by atoms with van der Waals surface area (Å²) < 4.78 is 2.03. The molecule has 0 aromatic carbocycles. The smallest absolute Gasteiger partial charge is 0.324 e. The SMILES string of the molecule is Cc1cc(C)n(CC2CCCCN2CC(=O)N2CCNC2=O)n1. The molecule has 3 heterocycles. The molecule has 2 saturated heterocycles. The van der Waals surface area contributed by atoms with Crippen molar-refractivity contribution in [3.63, 3.8) is 0 Å². The highest BCUT2D eigenvalue weighted by atomic mass is 16.2. The maximum absolute atomic E-state index is 12.4. The van der Waals surface area contributed by atoms with Gasteiger partial charge in [-0.1, -0.05) is 6.42 Å². The Bertz CT molecular complexity index is 597. The van der Waals surface area contributed by atoms with E-state index in [4.69, 9.17) is 0 Å². The van der Waals surface area contributed by atoms with Gasteiger partial charge in [0.05, 0.1) is 18.8 Å². The van der Waals surface area contributed by atoms with Gasteiger partial charge in [-0.15, -0.1) is 0 Å². The zero-order valence-electron chi connectivity index (χ0n) is 13.9. The van der Waals surface area contributed by atoms with E-state index in [1.807, 2.05) is 11.6 Å². The van der Waals surface area contributed by atoms with E-state index < -0.39 is 0 Å². The Balaban J connectivity index is 1.65. The number of carbonyl (C=O) groups is 2. The molecular formula is C16H25N5O2. The van der Waals surface area contributed by atoms with Crippen LogP contribution in [0.5, 0.6) is 0 Å². The second-order valence-corrected chi connectivity index (χ2v) is 6.51. The lowest BCUT2D eigenvalue weighted by molar-refractivity contribution is -0.129. The minimum absolute atomic E-state index is 0.0970. The third-order valence-electron chi connectivity index (χ3n) is 4.73. The van der Waals surface area contributed by atoms with Crippen molar-refractivity contribution in [2.45, 2.75) is 45.7 Å². The summed E-state index contributed by atoms with van der Waals surface area (Å²) >= 11 is 0. The van der Waals surface area contributed by atoms with E-state index in [-0.39, 0.29) is 11.9 Å². The Morgan fingerprint density at radius 2 is 2.17 bits per heavy atom. The summed E-state index contributed by atoms with van der Waals surface area (Å²) in [5.74, 6) is -0.0970. The van der Waals surface area contributed by atoms with Crippen molar-refractivity contribution in [2.24, 2.45) is 0 Å². The van der Waals surface area contributed by atoms with E-state index in [2.05, 4.69) is 28.3 Å². The van der Waals surface area contributed by atoms with Crippen LogP contribution in [0.2, 0.25) is 0 Å². The Morgan fingerprint density at radius 1 is 1.35 bits per heavy atom. The van der Waals surface area contributed by atoms with Gasteiger partial charge in [0.2, 0.25) is 5.91 Å². The van der Waals surface area contributed by atoms with E-state index in [9.17, 15) is 9.59 Å². The van der Waals surface area contributed by atoms with Crippen LogP contribution in [0.1, 0.15) is 30.7 Å². The molecule has 1 N–H and O–H groups in total. The molecule has 23 heavy (non-hydrogen) atoms. The molecule has 2 fully saturated rings. The molecule has 1 atom stereocenters. The monoisotopic (exact) mass is 319 g/mol. The zero-order chi connectivity index (χ0) is 16.4. The van der Waals surface area contributed by atoms with Gasteiger partial charge in [0.15, 0.2) is 0 Å². The first-order valence-corrected chi connectivity index (χ1v) is 8.38. The molecule has 0 radical (unpaired) electrons. The number of imide groups is 1. The van der Waals surface area contributed by atoms with Crippen molar-refractivity contribution in [1.29, 1.82) is 0 Å². The van der Waals surface area contributed by atoms with Crippen LogP contribution in [-0.4, -0.2) is 63.7 Å². The third-order valence-corrected chi connectivity index (χ3v) is 4.73. The van der Waals surface area contributed by atoms with E-state index in [0.29, 0.717) is 25.7 Å². The Kier molecular flexibility index (Phi) is 4.66. The molecule has 7 nitrogen and oxygen atoms in total. The first-order valence-electron chi connectivity index (χ1n) is 8.38. The molecule has 126 valence electrons. The van der Waals surface area contributed by atoms with E-state index >= 15 is 0 Å². The van der Waals surface area contributed by atoms with Crippen molar-refractivity contribution in [2.75, 3.05) is 26.2 Å². The van der Waals surface area contributed by atoms with Gasteiger partial charge >= 0.3 is 6.03 Å². The third kappa shape index (κ3) is 3.55. The van der Waals surface area contributed by atoms with Gasteiger partial charge in [0.1, 0.15) is 0 Å². The normalized spacial score (nSPS) is 22.4. The molecule has 0 bridgehead atoms. The van der Waals surface area contributed by atoms with Crippen LogP contribution in [0.25, 0.3) is 0 Å². The first kappa shape index (κ1) is 16.0. The molecule has 2 aliphatic heterocycles. The van der Waals surface area contributed by atoms with Gasteiger partial charge in [0, 0.05) is 24.8 Å². The number of rotatable bonds is 4. The maximum Gasteiger partial charge on any atom is 0.324 e. The average molecular weight is 319 g/mol. The fraction of sp³-hybridized carbons (Fsp3) is 0.688. The standard InChI is InChI=1S/C16H25N5O2/c1-12-9-13(2)21(18-12)10-14-5-3-4-7-19(14)11-15(22)20-8-6-17-16(20)23/h9,14H,3-8,10-11H2,1-2H3,(H,17,23). The fourth-order valence-corrected chi connectivity index (χ4v) is 3.50. The predicted molar refractivity (Wildman–Crippen MR) is 86.0 cm³/mol. The summed E-state index contributed by atoms with van der Waals surface area (Å²) in [4.78, 5) is 27.6. The molecule has 1 aromatic rings. The van der Waals surface area contributed by atoms with Gasteiger partial charge in [-0.3, -0.25) is 19.3 Å². The Hall–Kier alpha value is -1.89. The number of urea groups is 1. The second kappa shape index (κ2) is 6.70. The highest BCUT2D eigenvalue weighted by Gasteiger charge is 2.31. The molecule has 1 aromatic heterocycles. The van der Waals surface area contributed by atoms with Crippen LogP contribution in [0, 0.1) is 13.8 Å². The summed E-state index contributed by atoms with van der Waals surface area (Å²) in [6.45, 7) is 7.12. The van der Waals surface area contributed by atoms with Crippen molar-refractivity contribution < 1.29 is 9.59 Å². The molecule has 0 saturated carbocycles. The molecule has 3 rings (SSSR count). The Morgan fingerprint density at radius 3 is 2.83 bits per heavy atom. The number of piperidine rings is 1. The van der Waals surface area contributed by atoms with Crippen LogP contribution in [0.3, 0.4) is 0 Å². The topological polar surface area (TPSA) is 70.5 Å². The average Bonchev–Trinajstić information content (AvgIpc) is 3.07. The van der Waals surface area contributed by atoms with Gasteiger partial charge in [-0.25, -0.2) is 4.79 Å². The minimum atomic E-state index is -0.262. The second-order valence-electron chi connectivity index (χ2n) is 6.51. The number of aromatic nitrogens is 2. The molecule has 1 unspecified atom stereocenters. The van der Waals surface area contributed by atoms with Gasteiger partial charge in [0.25, 0.3) is 0 Å². The summed E-state index contributed by atoms with van der Waals surface area (Å²) in [5.41, 5.74) is 2.17. The lowest BCUT2D eigenvalue weighted by Gasteiger charge is -2.35. The number of likely N-dealkylation sites (tertiary alicyclic amines) is 1. The van der Waals surface area contributed by atoms with Gasteiger partial charge in [-0.05, 0) is 39.3 Å². The molecular weight excluding hydrogens is 294 g/mol.